The molecule has 0 aromatic heterocycles. The Bertz CT molecular complexity index is 1560. The van der Waals surface area contributed by atoms with Gasteiger partial charge in [-0.1, -0.05) is 206 Å². The van der Waals surface area contributed by atoms with Gasteiger partial charge in [0.25, 0.3) is 0 Å². The number of hydrogen-bond acceptors (Lipinski definition) is 1. The van der Waals surface area contributed by atoms with Crippen molar-refractivity contribution in [1.29, 1.82) is 0 Å². The molecule has 0 spiro atoms. The van der Waals surface area contributed by atoms with Gasteiger partial charge >= 0.3 is 27.0 Å². The van der Waals surface area contributed by atoms with Crippen molar-refractivity contribution in [3.63, 3.8) is 0 Å². The van der Waals surface area contributed by atoms with Crippen molar-refractivity contribution in [1.82, 2.24) is 4.90 Å². The Labute approximate surface area is 328 Å². The molecule has 0 unspecified atom stereocenters. The molecule has 0 bridgehead atoms. The number of benzene rings is 6. The first-order chi connectivity index (χ1) is 25.7. The van der Waals surface area contributed by atoms with E-state index < -0.39 is 15.8 Å². The zero-order valence-corrected chi connectivity index (χ0v) is 33.6. The normalized spacial score (nSPS) is 13.8. The molecule has 2 aliphatic carbocycles. The summed E-state index contributed by atoms with van der Waals surface area (Å²) in [5.41, 5.74) is 0. The third-order valence-electron chi connectivity index (χ3n) is 8.21. The standard InChI is InChI=1S/2C18H15P.C11H12N.ClH.Ru/c2*1-4-10-16(11-5-1)19(17-12-6-2-7-13-17)18-14-8-3-9-15-18;1-12(2)11-7-9-5-3-4-6-10(9)8-11;;/h2*1-15H;3-8H,1-2H3;1H;/q;;;;+2/p-1. The van der Waals surface area contributed by atoms with Crippen LogP contribution in [0.25, 0.3) is 0 Å². The number of nitrogens with zero attached hydrogens (tertiary/aromatic N) is 1. The number of fused-ring (bicyclic) bond motifs is 1. The van der Waals surface area contributed by atoms with E-state index in [1.54, 1.807) is 0 Å². The summed E-state index contributed by atoms with van der Waals surface area (Å²) < 4.78 is 0. The Hall–Kier alpha value is -3.47. The van der Waals surface area contributed by atoms with Gasteiger partial charge in [0, 0.05) is 17.9 Å². The summed E-state index contributed by atoms with van der Waals surface area (Å²) >= 11 is 1.82. The molecule has 0 amide bonds. The Balaban J connectivity index is 0.000000151. The second-order valence-electron chi connectivity index (χ2n) is 11.9. The van der Waals surface area contributed by atoms with Gasteiger partial charge in [-0.05, 0) is 74.6 Å². The molecular weight excluding hydrogens is 777 g/mol. The Kier molecular flexibility index (Phi) is 16.7. The molecule has 52 heavy (non-hydrogen) atoms. The van der Waals surface area contributed by atoms with Gasteiger partial charge in [-0.15, -0.1) is 0 Å². The largest absolute Gasteiger partial charge is 0.0622 e. The van der Waals surface area contributed by atoms with Crippen LogP contribution in [0.2, 0.25) is 0 Å². The molecule has 5 radical (unpaired) electrons. The van der Waals surface area contributed by atoms with Gasteiger partial charge in [0.15, 0.2) is 0 Å². The molecule has 259 valence electrons. The fourth-order valence-electron chi connectivity index (χ4n) is 5.75. The van der Waals surface area contributed by atoms with Crippen LogP contribution in [0.4, 0.5) is 0 Å². The summed E-state index contributed by atoms with van der Waals surface area (Å²) in [6.45, 7) is 0. The first kappa shape index (κ1) is 39.7. The number of halogens is 1. The van der Waals surface area contributed by atoms with E-state index in [1.807, 2.05) is 17.3 Å². The SMILES string of the molecule is CN(C)[C]1[CH][C]2C=CC=C[C]2[CH]1.[Cl][Ru+].c1ccc(P(c2ccccc2)c2ccccc2)cc1.c1ccc(P(c2ccccc2)c2ccccc2)cc1. The Morgan fingerprint density at radius 1 is 0.365 bits per heavy atom. The molecule has 2 aliphatic rings. The maximum atomic E-state index is 4.57. The van der Waals surface area contributed by atoms with E-state index in [9.17, 15) is 0 Å². The van der Waals surface area contributed by atoms with Crippen LogP contribution in [0.5, 0.6) is 0 Å². The minimum atomic E-state index is -0.446. The average molecular weight is 819 g/mol. The van der Waals surface area contributed by atoms with E-state index in [0.29, 0.717) is 0 Å². The molecule has 6 aromatic rings. The fourth-order valence-corrected chi connectivity index (χ4v) is 10.4. The molecule has 1 fully saturated rings. The molecule has 1 nitrogen and oxygen atoms in total. The number of rotatable bonds is 7. The number of hydrogen-bond donors (Lipinski definition) is 0. The van der Waals surface area contributed by atoms with Gasteiger partial charge in [-0.2, -0.15) is 0 Å². The van der Waals surface area contributed by atoms with E-state index in [-0.39, 0.29) is 0 Å². The van der Waals surface area contributed by atoms with Crippen LogP contribution in [0, 0.1) is 30.7 Å². The van der Waals surface area contributed by atoms with Gasteiger partial charge < -0.3 is 4.90 Å². The average Bonchev–Trinajstić information content (AvgIpc) is 3.67. The van der Waals surface area contributed by atoms with E-state index in [4.69, 9.17) is 0 Å². The zero-order valence-electron chi connectivity index (χ0n) is 29.4. The van der Waals surface area contributed by atoms with Crippen molar-refractivity contribution in [2.45, 2.75) is 0 Å². The molecule has 0 aliphatic heterocycles. The second kappa shape index (κ2) is 21.9. The molecule has 6 aromatic carbocycles. The third-order valence-corrected chi connectivity index (χ3v) is 13.1. The topological polar surface area (TPSA) is 3.24 Å². The van der Waals surface area contributed by atoms with Crippen LogP contribution >= 0.6 is 25.5 Å². The van der Waals surface area contributed by atoms with Gasteiger partial charge in [0.2, 0.25) is 0 Å². The molecule has 1 saturated carbocycles. The van der Waals surface area contributed by atoms with Gasteiger partial charge in [0.05, 0.1) is 0 Å². The third kappa shape index (κ3) is 11.5. The van der Waals surface area contributed by atoms with Crippen molar-refractivity contribution in [2.24, 2.45) is 0 Å². The van der Waals surface area contributed by atoms with Crippen LogP contribution in [-0.2, 0) is 17.3 Å². The van der Waals surface area contributed by atoms with Crippen LogP contribution in [-0.4, -0.2) is 19.0 Å². The van der Waals surface area contributed by atoms with Gasteiger partial charge in [-0.25, -0.2) is 0 Å². The molecular formula is C47H42ClNP2Ru+. The van der Waals surface area contributed by atoms with Crippen molar-refractivity contribution in [3.05, 3.63) is 237 Å². The maximum Gasteiger partial charge on any atom is -0.0134 e. The van der Waals surface area contributed by atoms with Gasteiger partial charge in [0.1, 0.15) is 0 Å². The van der Waals surface area contributed by atoms with Crippen molar-refractivity contribution in [3.8, 4) is 0 Å². The zero-order chi connectivity index (χ0) is 36.4. The molecule has 0 heterocycles. The summed E-state index contributed by atoms with van der Waals surface area (Å²) in [5, 5.41) is 8.39. The van der Waals surface area contributed by atoms with E-state index >= 15 is 0 Å². The van der Waals surface area contributed by atoms with Crippen molar-refractivity contribution in [2.75, 3.05) is 14.1 Å². The van der Waals surface area contributed by atoms with E-state index in [0.717, 1.165) is 0 Å². The summed E-state index contributed by atoms with van der Waals surface area (Å²) in [6.07, 6.45) is 12.8. The summed E-state index contributed by atoms with van der Waals surface area (Å²) in [5.74, 6) is 2.64. The van der Waals surface area contributed by atoms with E-state index in [1.165, 1.54) is 49.7 Å². The molecule has 0 N–H and O–H groups in total. The van der Waals surface area contributed by atoms with Crippen LogP contribution in [0.3, 0.4) is 0 Å². The summed E-state index contributed by atoms with van der Waals surface area (Å²) in [4.78, 5) is 2.12. The predicted molar refractivity (Wildman–Crippen MR) is 226 cm³/mol. The Morgan fingerprint density at radius 3 is 0.769 bits per heavy atom. The predicted octanol–water partition coefficient (Wildman–Crippen LogP) is 9.35. The number of allylic oxidation sites excluding steroid dienone is 4. The molecule has 0 atom stereocenters. The fraction of sp³-hybridized carbons (Fsp3) is 0.0426. The van der Waals surface area contributed by atoms with Crippen molar-refractivity contribution >= 4 is 57.4 Å². The quantitative estimate of drug-likeness (QED) is 0.115. The monoisotopic (exact) mass is 819 g/mol. The molecule has 8 rings (SSSR count). The van der Waals surface area contributed by atoms with Gasteiger partial charge in [-0.3, -0.25) is 0 Å². The first-order valence-corrected chi connectivity index (χ1v) is 22.0. The second-order valence-corrected chi connectivity index (χ2v) is 16.4. The smallest absolute Gasteiger partial charge is 0.0134 e. The van der Waals surface area contributed by atoms with Crippen LogP contribution in [0.1, 0.15) is 0 Å². The molecule has 0 saturated heterocycles. The molecule has 5 heteroatoms. The minimum absolute atomic E-state index is 0.446. The Morgan fingerprint density at radius 2 is 0.577 bits per heavy atom. The first-order valence-electron chi connectivity index (χ1n) is 17.0. The van der Waals surface area contributed by atoms with Crippen LogP contribution < -0.4 is 31.8 Å². The van der Waals surface area contributed by atoms with Crippen molar-refractivity contribution < 1.29 is 17.3 Å². The van der Waals surface area contributed by atoms with E-state index in [2.05, 4.69) is 248 Å². The summed E-state index contributed by atoms with van der Waals surface area (Å²) in [6, 6.07) is 65.9. The maximum absolute atomic E-state index is 4.57. The summed E-state index contributed by atoms with van der Waals surface area (Å²) in [7, 11) is 7.80. The van der Waals surface area contributed by atoms with Crippen LogP contribution in [0.15, 0.2) is 206 Å². The minimum Gasteiger partial charge on any atom is -0.0622 e.